The summed E-state index contributed by atoms with van der Waals surface area (Å²) in [5, 5.41) is 0. The molecule has 0 unspecified atom stereocenters. The van der Waals surface area contributed by atoms with E-state index in [1.54, 1.807) is 0 Å². The minimum absolute atomic E-state index is 1.06. The molecule has 0 spiro atoms. The molecule has 0 bridgehead atoms. The van der Waals surface area contributed by atoms with Crippen LogP contribution in [0.1, 0.15) is 0 Å². The number of benzene rings is 2. The molecule has 0 heterocycles. The largest absolute Gasteiger partial charge is 0.0616 e. The zero-order chi connectivity index (χ0) is 9.97. The topological polar surface area (TPSA) is 0 Å². The van der Waals surface area contributed by atoms with Gasteiger partial charge in [0.25, 0.3) is 0 Å². The first-order valence-corrected chi connectivity index (χ1v) is 5.79. The molecule has 0 aliphatic carbocycles. The van der Waals surface area contributed by atoms with Crippen LogP contribution in [-0.2, 0) is 0 Å². The average Bonchev–Trinajstić information content (AvgIpc) is 2.20. The highest BCUT2D eigenvalue weighted by atomic mass is 79.9. The predicted octanol–water partition coefficient (Wildman–Crippen LogP) is 4.68. The quantitative estimate of drug-likeness (QED) is 0.717. The van der Waals surface area contributed by atoms with Crippen molar-refractivity contribution in [1.82, 2.24) is 0 Å². The molecular formula is C12H7Br2. The van der Waals surface area contributed by atoms with E-state index in [1.807, 2.05) is 36.4 Å². The molecule has 2 rings (SSSR count). The third-order valence-electron chi connectivity index (χ3n) is 1.95. The lowest BCUT2D eigenvalue weighted by Crippen LogP contribution is -1.80. The minimum atomic E-state index is 1.06. The van der Waals surface area contributed by atoms with Crippen LogP contribution in [0, 0.1) is 6.07 Å². The Labute approximate surface area is 100 Å². The molecule has 69 valence electrons. The molecule has 0 saturated heterocycles. The summed E-state index contributed by atoms with van der Waals surface area (Å²) in [6, 6.07) is 17.2. The lowest BCUT2D eigenvalue weighted by atomic mass is 10.1. The van der Waals surface area contributed by atoms with Crippen LogP contribution in [0.2, 0.25) is 0 Å². The first-order valence-electron chi connectivity index (χ1n) is 4.20. The van der Waals surface area contributed by atoms with Crippen molar-refractivity contribution in [1.29, 1.82) is 0 Å². The maximum Gasteiger partial charge on any atom is 0.0260 e. The van der Waals surface area contributed by atoms with Gasteiger partial charge in [-0.1, -0.05) is 62.2 Å². The Morgan fingerprint density at radius 1 is 0.857 bits per heavy atom. The molecule has 1 radical (unpaired) electrons. The average molecular weight is 311 g/mol. The molecule has 2 aromatic rings. The number of halogens is 2. The molecule has 0 amide bonds. The van der Waals surface area contributed by atoms with Crippen molar-refractivity contribution in [2.75, 3.05) is 0 Å². The molecule has 14 heavy (non-hydrogen) atoms. The van der Waals surface area contributed by atoms with Crippen LogP contribution in [0.15, 0.2) is 51.4 Å². The van der Waals surface area contributed by atoms with E-state index in [9.17, 15) is 0 Å². The van der Waals surface area contributed by atoms with E-state index in [0.29, 0.717) is 0 Å². The maximum atomic E-state index is 3.53. The van der Waals surface area contributed by atoms with E-state index in [2.05, 4.69) is 44.0 Å². The van der Waals surface area contributed by atoms with Crippen molar-refractivity contribution in [2.45, 2.75) is 0 Å². The first kappa shape index (κ1) is 9.94. The van der Waals surface area contributed by atoms with E-state index in [4.69, 9.17) is 0 Å². The van der Waals surface area contributed by atoms with Crippen molar-refractivity contribution in [2.24, 2.45) is 0 Å². The van der Waals surface area contributed by atoms with E-state index in [-0.39, 0.29) is 0 Å². The third-order valence-corrected chi connectivity index (χ3v) is 3.30. The highest BCUT2D eigenvalue weighted by Gasteiger charge is 2.04. The molecular weight excluding hydrogens is 304 g/mol. The summed E-state index contributed by atoms with van der Waals surface area (Å²) in [6.07, 6.45) is 0. The minimum Gasteiger partial charge on any atom is -0.0616 e. The number of hydrogen-bond donors (Lipinski definition) is 0. The highest BCUT2D eigenvalue weighted by Crippen LogP contribution is 2.32. The molecule has 2 aromatic carbocycles. The van der Waals surface area contributed by atoms with Crippen molar-refractivity contribution < 1.29 is 0 Å². The Bertz CT molecular complexity index is 406. The van der Waals surface area contributed by atoms with Crippen LogP contribution in [0.3, 0.4) is 0 Å². The molecule has 0 aromatic heterocycles. The monoisotopic (exact) mass is 309 g/mol. The van der Waals surface area contributed by atoms with E-state index in [1.165, 1.54) is 0 Å². The molecule has 0 nitrogen and oxygen atoms in total. The van der Waals surface area contributed by atoms with Crippen molar-refractivity contribution in [3.05, 3.63) is 57.5 Å². The molecule has 0 aliphatic heterocycles. The summed E-state index contributed by atoms with van der Waals surface area (Å²) in [7, 11) is 0. The molecule has 2 heteroatoms. The molecule has 0 N–H and O–H groups in total. The maximum absolute atomic E-state index is 3.53. The van der Waals surface area contributed by atoms with Crippen LogP contribution in [0.5, 0.6) is 0 Å². The second kappa shape index (κ2) is 4.28. The zero-order valence-electron chi connectivity index (χ0n) is 7.30. The van der Waals surface area contributed by atoms with Gasteiger partial charge in [0.2, 0.25) is 0 Å². The van der Waals surface area contributed by atoms with Crippen molar-refractivity contribution >= 4 is 31.9 Å². The fraction of sp³-hybridized carbons (Fsp3) is 0. The smallest absolute Gasteiger partial charge is 0.0260 e. The zero-order valence-corrected chi connectivity index (χ0v) is 10.5. The summed E-state index contributed by atoms with van der Waals surface area (Å²) < 4.78 is 2.15. The Morgan fingerprint density at radius 2 is 1.57 bits per heavy atom. The van der Waals surface area contributed by atoms with Crippen LogP contribution >= 0.6 is 31.9 Å². The Morgan fingerprint density at radius 3 is 2.29 bits per heavy atom. The fourth-order valence-corrected chi connectivity index (χ4v) is 2.25. The van der Waals surface area contributed by atoms with Gasteiger partial charge in [0.1, 0.15) is 0 Å². The lowest BCUT2D eigenvalue weighted by Gasteiger charge is -2.05. The van der Waals surface area contributed by atoms with Gasteiger partial charge in [-0.05, 0) is 23.8 Å². The molecule has 0 saturated carbocycles. The normalized spacial score (nSPS) is 10.1. The third kappa shape index (κ3) is 1.91. The summed E-state index contributed by atoms with van der Waals surface area (Å²) in [5.41, 5.74) is 2.24. The van der Waals surface area contributed by atoms with Gasteiger partial charge in [0.05, 0.1) is 0 Å². The van der Waals surface area contributed by atoms with Crippen LogP contribution in [0.25, 0.3) is 11.1 Å². The van der Waals surface area contributed by atoms with Gasteiger partial charge in [-0.3, -0.25) is 0 Å². The van der Waals surface area contributed by atoms with Gasteiger partial charge in [0, 0.05) is 14.5 Å². The van der Waals surface area contributed by atoms with Crippen LogP contribution < -0.4 is 0 Å². The summed E-state index contributed by atoms with van der Waals surface area (Å²) in [5.74, 6) is 0. The van der Waals surface area contributed by atoms with E-state index >= 15 is 0 Å². The Kier molecular flexibility index (Phi) is 3.04. The van der Waals surface area contributed by atoms with E-state index < -0.39 is 0 Å². The number of rotatable bonds is 1. The summed E-state index contributed by atoms with van der Waals surface area (Å²) in [6.45, 7) is 0. The standard InChI is InChI=1S/C12H7Br2/c13-11-7-3-1-5-9(11)10-6-2-4-8-12(10)14/h1-5,7-8H. The highest BCUT2D eigenvalue weighted by molar-refractivity contribution is 9.11. The predicted molar refractivity (Wildman–Crippen MR) is 66.1 cm³/mol. The summed E-state index contributed by atoms with van der Waals surface area (Å²) in [4.78, 5) is 0. The van der Waals surface area contributed by atoms with Crippen molar-refractivity contribution in [3.8, 4) is 11.1 Å². The fourth-order valence-electron chi connectivity index (χ4n) is 1.29. The second-order valence-electron chi connectivity index (χ2n) is 2.87. The summed E-state index contributed by atoms with van der Waals surface area (Å²) >= 11 is 7.04. The molecule has 0 fully saturated rings. The van der Waals surface area contributed by atoms with Gasteiger partial charge >= 0.3 is 0 Å². The SMILES string of the molecule is Brc1ccc[c]c1-c1ccccc1Br. The van der Waals surface area contributed by atoms with Crippen LogP contribution in [-0.4, -0.2) is 0 Å². The van der Waals surface area contributed by atoms with Gasteiger partial charge in [0.15, 0.2) is 0 Å². The van der Waals surface area contributed by atoms with E-state index in [0.717, 1.165) is 20.1 Å². The van der Waals surface area contributed by atoms with Gasteiger partial charge in [-0.15, -0.1) is 0 Å². The Hall–Kier alpha value is -0.600. The Balaban J connectivity index is 2.61. The second-order valence-corrected chi connectivity index (χ2v) is 4.58. The lowest BCUT2D eigenvalue weighted by molar-refractivity contribution is 1.55. The van der Waals surface area contributed by atoms with Gasteiger partial charge in [-0.2, -0.15) is 0 Å². The number of hydrogen-bond acceptors (Lipinski definition) is 0. The van der Waals surface area contributed by atoms with Gasteiger partial charge in [-0.25, -0.2) is 0 Å². The van der Waals surface area contributed by atoms with Gasteiger partial charge < -0.3 is 0 Å². The molecule has 0 atom stereocenters. The van der Waals surface area contributed by atoms with Crippen LogP contribution in [0.4, 0.5) is 0 Å². The first-order chi connectivity index (χ1) is 6.79. The van der Waals surface area contributed by atoms with Crippen molar-refractivity contribution in [3.63, 3.8) is 0 Å². The molecule has 0 aliphatic rings.